The molecule has 0 radical (unpaired) electrons. The van der Waals surface area contributed by atoms with Gasteiger partial charge in [-0.05, 0) is 31.2 Å². The van der Waals surface area contributed by atoms with Gasteiger partial charge in [-0.2, -0.15) is 0 Å². The standard InChI is InChI=1S/C21H25NO4/c1-25-18(24)20-13-16-9-5-10-19(17(20)23)11-6-12-22(21(16,19)26-20)14-15-7-3-2-4-8-15/h2-4,7-8,16H,5-6,9-14H2,1H3/t16-,19-,20-,21+/m1/s1. The third-order valence-corrected chi connectivity index (χ3v) is 7.29. The van der Waals surface area contributed by atoms with Crippen LogP contribution in [0.15, 0.2) is 30.3 Å². The molecule has 1 spiro atoms. The van der Waals surface area contributed by atoms with Gasteiger partial charge in [-0.25, -0.2) is 4.79 Å². The highest BCUT2D eigenvalue weighted by Crippen LogP contribution is 2.70. The van der Waals surface area contributed by atoms with E-state index in [9.17, 15) is 9.59 Å². The van der Waals surface area contributed by atoms with Crippen molar-refractivity contribution in [3.05, 3.63) is 35.9 Å². The van der Waals surface area contributed by atoms with Crippen LogP contribution < -0.4 is 0 Å². The molecule has 2 bridgehead atoms. The molecule has 4 atom stereocenters. The molecule has 5 nitrogen and oxygen atoms in total. The van der Waals surface area contributed by atoms with Gasteiger partial charge in [0.15, 0.2) is 5.78 Å². The summed E-state index contributed by atoms with van der Waals surface area (Å²) in [5, 5.41) is 0. The van der Waals surface area contributed by atoms with Crippen molar-refractivity contribution in [3.8, 4) is 0 Å². The number of ketones is 1. The van der Waals surface area contributed by atoms with Gasteiger partial charge in [-0.15, -0.1) is 0 Å². The maximum Gasteiger partial charge on any atom is 0.346 e. The fourth-order valence-electron chi connectivity index (χ4n) is 6.46. The van der Waals surface area contributed by atoms with Gasteiger partial charge < -0.3 is 9.47 Å². The van der Waals surface area contributed by atoms with E-state index >= 15 is 0 Å². The fraction of sp³-hybridized carbons (Fsp3) is 0.619. The van der Waals surface area contributed by atoms with Crippen molar-refractivity contribution in [2.24, 2.45) is 11.3 Å². The van der Waals surface area contributed by atoms with Crippen LogP contribution in [0.25, 0.3) is 0 Å². The van der Waals surface area contributed by atoms with Gasteiger partial charge in [0, 0.05) is 25.4 Å². The number of carbonyl (C=O) groups excluding carboxylic acids is 2. The summed E-state index contributed by atoms with van der Waals surface area (Å²) in [5.41, 5.74) is -1.34. The van der Waals surface area contributed by atoms with E-state index in [1.807, 2.05) is 18.2 Å². The summed E-state index contributed by atoms with van der Waals surface area (Å²) in [6, 6.07) is 10.3. The smallest absolute Gasteiger partial charge is 0.346 e. The van der Waals surface area contributed by atoms with Gasteiger partial charge in [0.2, 0.25) is 5.60 Å². The number of ether oxygens (including phenoxy) is 2. The molecule has 0 N–H and O–H groups in total. The van der Waals surface area contributed by atoms with E-state index in [4.69, 9.17) is 9.47 Å². The second-order valence-electron chi connectivity index (χ2n) is 8.33. The zero-order valence-corrected chi connectivity index (χ0v) is 15.2. The minimum absolute atomic E-state index is 0.00874. The molecule has 1 aromatic rings. The highest BCUT2D eigenvalue weighted by atomic mass is 16.6. The van der Waals surface area contributed by atoms with Crippen LogP contribution in [0, 0.1) is 11.3 Å². The fourth-order valence-corrected chi connectivity index (χ4v) is 6.46. The van der Waals surface area contributed by atoms with E-state index in [2.05, 4.69) is 17.0 Å². The monoisotopic (exact) mass is 355 g/mol. The number of fused-ring (bicyclic) bond motifs is 1. The molecule has 3 heterocycles. The van der Waals surface area contributed by atoms with E-state index in [0.29, 0.717) is 6.42 Å². The molecule has 1 aliphatic carbocycles. The van der Waals surface area contributed by atoms with E-state index in [1.54, 1.807) is 0 Å². The molecule has 3 aliphatic heterocycles. The van der Waals surface area contributed by atoms with E-state index in [1.165, 1.54) is 12.7 Å². The molecule has 0 aromatic heterocycles. The number of methoxy groups -OCH3 is 1. The molecule has 26 heavy (non-hydrogen) atoms. The van der Waals surface area contributed by atoms with E-state index in [-0.39, 0.29) is 11.7 Å². The number of esters is 1. The molecule has 4 fully saturated rings. The summed E-state index contributed by atoms with van der Waals surface area (Å²) in [5.74, 6) is -0.290. The minimum atomic E-state index is -1.38. The second kappa shape index (κ2) is 5.40. The van der Waals surface area contributed by atoms with Crippen molar-refractivity contribution in [1.29, 1.82) is 0 Å². The predicted octanol–water partition coefficient (Wildman–Crippen LogP) is 2.68. The molecule has 138 valence electrons. The number of nitrogens with zero attached hydrogens (tertiary/aromatic N) is 1. The summed E-state index contributed by atoms with van der Waals surface area (Å²) in [4.78, 5) is 28.6. The van der Waals surface area contributed by atoms with Crippen molar-refractivity contribution in [1.82, 2.24) is 4.90 Å². The van der Waals surface area contributed by atoms with Crippen LogP contribution >= 0.6 is 0 Å². The van der Waals surface area contributed by atoms with Gasteiger partial charge in [-0.1, -0.05) is 36.8 Å². The molecule has 5 heteroatoms. The van der Waals surface area contributed by atoms with Crippen LogP contribution in [0.2, 0.25) is 0 Å². The zero-order chi connectivity index (χ0) is 18.0. The Hall–Kier alpha value is -1.72. The SMILES string of the molecule is COC(=O)[C@]12C[C@H]3CCC[C@@]4(CCCN(Cc5ccccc5)[C@]34O1)C2=O. The van der Waals surface area contributed by atoms with Crippen LogP contribution in [-0.4, -0.2) is 41.6 Å². The Balaban J connectivity index is 1.62. The van der Waals surface area contributed by atoms with Gasteiger partial charge in [0.25, 0.3) is 0 Å². The molecule has 0 unspecified atom stereocenters. The Kier molecular flexibility index (Phi) is 3.41. The summed E-state index contributed by atoms with van der Waals surface area (Å²) in [6.07, 6.45) is 5.15. The average Bonchev–Trinajstić information content (AvgIpc) is 3.14. The third-order valence-electron chi connectivity index (χ3n) is 7.29. The van der Waals surface area contributed by atoms with Crippen LogP contribution in [0.3, 0.4) is 0 Å². The Morgan fingerprint density at radius 2 is 2.04 bits per heavy atom. The minimum Gasteiger partial charge on any atom is -0.467 e. The van der Waals surface area contributed by atoms with E-state index < -0.39 is 22.7 Å². The first-order valence-electron chi connectivity index (χ1n) is 9.72. The number of likely N-dealkylation sites (tertiary alicyclic amines) is 1. The number of benzene rings is 1. The molecular formula is C21H25NO4. The predicted molar refractivity (Wildman–Crippen MR) is 94.0 cm³/mol. The zero-order valence-electron chi connectivity index (χ0n) is 15.2. The van der Waals surface area contributed by atoms with Gasteiger partial charge in [0.1, 0.15) is 5.72 Å². The second-order valence-corrected chi connectivity index (χ2v) is 8.33. The lowest BCUT2D eigenvalue weighted by Gasteiger charge is -2.58. The molecule has 5 rings (SSSR count). The number of hydrogen-bond donors (Lipinski definition) is 0. The number of carbonyl (C=O) groups is 2. The number of Topliss-reactive ketones (excluding diaryl/α,β-unsaturated/α-hetero) is 1. The first-order chi connectivity index (χ1) is 12.6. The topological polar surface area (TPSA) is 55.8 Å². The first-order valence-corrected chi connectivity index (χ1v) is 9.72. The number of hydrogen-bond acceptors (Lipinski definition) is 5. The molecule has 1 aromatic carbocycles. The highest BCUT2D eigenvalue weighted by molar-refractivity contribution is 6.13. The first kappa shape index (κ1) is 16.5. The molecule has 0 amide bonds. The van der Waals surface area contributed by atoms with Crippen molar-refractivity contribution in [3.63, 3.8) is 0 Å². The van der Waals surface area contributed by atoms with Crippen LogP contribution in [0.5, 0.6) is 0 Å². The van der Waals surface area contributed by atoms with E-state index in [0.717, 1.165) is 45.2 Å². The summed E-state index contributed by atoms with van der Waals surface area (Å²) in [6.45, 7) is 1.65. The summed E-state index contributed by atoms with van der Waals surface area (Å²) >= 11 is 0. The number of rotatable bonds is 3. The third kappa shape index (κ3) is 1.73. The maximum absolute atomic E-state index is 13.6. The molecule has 1 saturated carbocycles. The highest BCUT2D eigenvalue weighted by Gasteiger charge is 2.83. The molecular weight excluding hydrogens is 330 g/mol. The van der Waals surface area contributed by atoms with Crippen molar-refractivity contribution in [2.75, 3.05) is 13.7 Å². The largest absolute Gasteiger partial charge is 0.467 e. The van der Waals surface area contributed by atoms with Crippen LogP contribution in [0.4, 0.5) is 0 Å². The number of piperidine rings is 1. The van der Waals surface area contributed by atoms with Gasteiger partial charge >= 0.3 is 5.97 Å². The van der Waals surface area contributed by atoms with Crippen molar-refractivity contribution >= 4 is 11.8 Å². The van der Waals surface area contributed by atoms with Crippen LogP contribution in [0.1, 0.15) is 44.1 Å². The Morgan fingerprint density at radius 3 is 2.81 bits per heavy atom. The summed E-state index contributed by atoms with van der Waals surface area (Å²) in [7, 11) is 1.36. The molecule has 3 saturated heterocycles. The van der Waals surface area contributed by atoms with Crippen molar-refractivity contribution < 1.29 is 19.1 Å². The van der Waals surface area contributed by atoms with Crippen LogP contribution in [-0.2, 0) is 25.6 Å². The van der Waals surface area contributed by atoms with Gasteiger partial charge in [-0.3, -0.25) is 9.69 Å². The van der Waals surface area contributed by atoms with Gasteiger partial charge in [0.05, 0.1) is 12.5 Å². The Morgan fingerprint density at radius 1 is 1.27 bits per heavy atom. The lowest BCUT2D eigenvalue weighted by atomic mass is 9.51. The normalized spacial score (nSPS) is 41.1. The maximum atomic E-state index is 13.6. The summed E-state index contributed by atoms with van der Waals surface area (Å²) < 4.78 is 11.6. The molecule has 4 aliphatic rings. The quantitative estimate of drug-likeness (QED) is 0.616. The lowest BCUT2D eigenvalue weighted by Crippen LogP contribution is -2.68. The Labute approximate surface area is 153 Å². The average molecular weight is 355 g/mol. The Bertz CT molecular complexity index is 761. The van der Waals surface area contributed by atoms with Crippen molar-refractivity contribution in [2.45, 2.75) is 56.4 Å². The lowest BCUT2D eigenvalue weighted by molar-refractivity contribution is -0.238.